The van der Waals surface area contributed by atoms with Gasteiger partial charge in [0.25, 0.3) is 0 Å². The van der Waals surface area contributed by atoms with Crippen LogP contribution < -0.4 is 5.32 Å². The molecule has 0 unspecified atom stereocenters. The predicted octanol–water partition coefficient (Wildman–Crippen LogP) is 3.68. The minimum Gasteiger partial charge on any atom is -0.317 e. The van der Waals surface area contributed by atoms with Crippen molar-refractivity contribution in [2.75, 3.05) is 39.8 Å². The first-order valence-corrected chi connectivity index (χ1v) is 10.1. The molecule has 4 nitrogen and oxygen atoms in total. The fraction of sp³-hybridized carbons (Fsp3) is 0.632. The quantitative estimate of drug-likeness (QED) is 0.600. The molecule has 1 saturated carbocycles. The molecule has 2 fully saturated rings. The SMILES string of the molecule is CNC1CCCC1.O=CCN1CCN(Sc2cccc(C(F)(F)F)c2)CC1. The van der Waals surface area contributed by atoms with Crippen LogP contribution in [0.4, 0.5) is 13.2 Å². The van der Waals surface area contributed by atoms with Crippen LogP contribution >= 0.6 is 11.9 Å². The maximum absolute atomic E-state index is 12.6. The van der Waals surface area contributed by atoms with E-state index in [-0.39, 0.29) is 0 Å². The minimum absolute atomic E-state index is 0.419. The average Bonchev–Trinajstić information content (AvgIpc) is 3.18. The molecule has 1 saturated heterocycles. The van der Waals surface area contributed by atoms with E-state index in [0.717, 1.165) is 44.6 Å². The molecule has 1 aliphatic carbocycles. The van der Waals surface area contributed by atoms with E-state index in [9.17, 15) is 18.0 Å². The Bertz CT molecular complexity index is 572. The number of rotatable bonds is 5. The van der Waals surface area contributed by atoms with Gasteiger partial charge in [0.2, 0.25) is 0 Å². The van der Waals surface area contributed by atoms with Gasteiger partial charge in [0.1, 0.15) is 6.29 Å². The van der Waals surface area contributed by atoms with Crippen LogP contribution in [0.3, 0.4) is 0 Å². The molecular formula is C19H28F3N3OS. The van der Waals surface area contributed by atoms with Crippen molar-refractivity contribution < 1.29 is 18.0 Å². The molecule has 0 spiro atoms. The highest BCUT2D eigenvalue weighted by Gasteiger charge is 2.30. The van der Waals surface area contributed by atoms with Gasteiger partial charge in [-0.1, -0.05) is 18.9 Å². The Morgan fingerprint density at radius 1 is 1.19 bits per heavy atom. The number of nitrogens with one attached hydrogen (secondary N) is 1. The fourth-order valence-electron chi connectivity index (χ4n) is 3.20. The molecule has 0 bridgehead atoms. The minimum atomic E-state index is -4.31. The number of hydrogen-bond donors (Lipinski definition) is 1. The van der Waals surface area contributed by atoms with Gasteiger partial charge in [-0.2, -0.15) is 13.2 Å². The van der Waals surface area contributed by atoms with Crippen molar-refractivity contribution in [1.29, 1.82) is 0 Å². The lowest BCUT2D eigenvalue weighted by atomic mass is 10.2. The zero-order valence-corrected chi connectivity index (χ0v) is 16.5. The molecule has 1 aliphatic heterocycles. The topological polar surface area (TPSA) is 35.6 Å². The molecule has 1 N–H and O–H groups in total. The van der Waals surface area contributed by atoms with Crippen molar-refractivity contribution in [3.63, 3.8) is 0 Å². The fourth-order valence-corrected chi connectivity index (χ4v) is 4.16. The van der Waals surface area contributed by atoms with E-state index in [0.29, 0.717) is 11.4 Å². The van der Waals surface area contributed by atoms with Crippen LogP contribution in [0.2, 0.25) is 0 Å². The van der Waals surface area contributed by atoms with Crippen molar-refractivity contribution in [1.82, 2.24) is 14.5 Å². The Balaban J connectivity index is 0.000000313. The van der Waals surface area contributed by atoms with Crippen molar-refractivity contribution in [3.05, 3.63) is 29.8 Å². The van der Waals surface area contributed by atoms with E-state index < -0.39 is 11.7 Å². The third-order valence-electron chi connectivity index (χ3n) is 4.82. The van der Waals surface area contributed by atoms with Gasteiger partial charge in [-0.25, -0.2) is 4.31 Å². The first-order valence-electron chi connectivity index (χ1n) is 9.36. The standard InChI is InChI=1S/C13H15F3N2OS.C6H13N/c14-13(15,16)11-2-1-3-12(10-11)20-18-6-4-17(5-7-18)8-9-19;1-7-6-4-2-3-5-6/h1-3,9-10H,4-8H2;6-7H,2-5H2,1H3. The molecule has 3 rings (SSSR count). The smallest absolute Gasteiger partial charge is 0.317 e. The van der Waals surface area contributed by atoms with E-state index in [4.69, 9.17) is 0 Å². The molecule has 152 valence electrons. The first kappa shape index (κ1) is 22.2. The van der Waals surface area contributed by atoms with Gasteiger partial charge in [0, 0.05) is 37.1 Å². The molecule has 0 radical (unpaired) electrons. The molecule has 0 amide bonds. The van der Waals surface area contributed by atoms with Gasteiger partial charge in [-0.15, -0.1) is 0 Å². The number of halogens is 3. The van der Waals surface area contributed by atoms with Gasteiger partial charge < -0.3 is 10.1 Å². The van der Waals surface area contributed by atoms with Crippen molar-refractivity contribution in [2.24, 2.45) is 0 Å². The normalized spacial score (nSPS) is 19.6. The summed E-state index contributed by atoms with van der Waals surface area (Å²) in [7, 11) is 2.05. The van der Waals surface area contributed by atoms with Gasteiger partial charge in [-0.3, -0.25) is 4.90 Å². The van der Waals surface area contributed by atoms with E-state index in [1.807, 2.05) is 9.21 Å². The van der Waals surface area contributed by atoms with Crippen LogP contribution in [-0.4, -0.2) is 61.3 Å². The number of alkyl halides is 3. The van der Waals surface area contributed by atoms with Gasteiger partial charge in [0.05, 0.1) is 12.1 Å². The number of carbonyl (C=O) groups is 1. The van der Waals surface area contributed by atoms with Gasteiger partial charge in [-0.05, 0) is 50.0 Å². The highest BCUT2D eigenvalue weighted by atomic mass is 32.2. The molecule has 1 aromatic rings. The van der Waals surface area contributed by atoms with Crippen LogP contribution in [0.25, 0.3) is 0 Å². The summed E-state index contributed by atoms with van der Waals surface area (Å²) in [6.45, 7) is 3.39. The van der Waals surface area contributed by atoms with Crippen LogP contribution in [-0.2, 0) is 11.0 Å². The number of benzene rings is 1. The average molecular weight is 404 g/mol. The summed E-state index contributed by atoms with van der Waals surface area (Å²) in [4.78, 5) is 13.0. The molecule has 2 aliphatic rings. The van der Waals surface area contributed by atoms with E-state index in [1.165, 1.54) is 49.8 Å². The highest BCUT2D eigenvalue weighted by molar-refractivity contribution is 7.97. The van der Waals surface area contributed by atoms with Gasteiger partial charge >= 0.3 is 6.18 Å². The van der Waals surface area contributed by atoms with Crippen LogP contribution in [0.15, 0.2) is 29.2 Å². The Labute approximate surface area is 163 Å². The third kappa shape index (κ3) is 7.81. The molecular weight excluding hydrogens is 375 g/mol. The van der Waals surface area contributed by atoms with Gasteiger partial charge in [0.15, 0.2) is 0 Å². The number of nitrogens with zero attached hydrogens (tertiary/aromatic N) is 2. The summed E-state index contributed by atoms with van der Waals surface area (Å²) < 4.78 is 39.9. The third-order valence-corrected chi connectivity index (χ3v) is 5.91. The second-order valence-corrected chi connectivity index (χ2v) is 7.95. The lowest BCUT2D eigenvalue weighted by Gasteiger charge is -2.32. The van der Waals surface area contributed by atoms with E-state index in [2.05, 4.69) is 12.4 Å². The zero-order valence-electron chi connectivity index (χ0n) is 15.7. The van der Waals surface area contributed by atoms with E-state index in [1.54, 1.807) is 6.07 Å². The maximum Gasteiger partial charge on any atom is 0.416 e. The zero-order chi connectivity index (χ0) is 19.7. The number of hydrogen-bond acceptors (Lipinski definition) is 5. The lowest BCUT2D eigenvalue weighted by molar-refractivity contribution is -0.137. The monoisotopic (exact) mass is 403 g/mol. The number of piperazine rings is 1. The van der Waals surface area contributed by atoms with Crippen LogP contribution in [0.1, 0.15) is 31.2 Å². The largest absolute Gasteiger partial charge is 0.416 e. The molecule has 8 heteroatoms. The molecule has 1 heterocycles. The Morgan fingerprint density at radius 2 is 1.85 bits per heavy atom. The molecule has 0 aromatic heterocycles. The second kappa shape index (κ2) is 11.0. The Kier molecular flexibility index (Phi) is 9.08. The summed E-state index contributed by atoms with van der Waals surface area (Å²) in [5.41, 5.74) is -0.623. The first-order chi connectivity index (χ1) is 12.9. The Hall–Kier alpha value is -1.09. The highest BCUT2D eigenvalue weighted by Crippen LogP contribution is 2.33. The number of carbonyl (C=O) groups excluding carboxylic acids is 1. The summed E-state index contributed by atoms with van der Waals surface area (Å²) in [5.74, 6) is 0. The lowest BCUT2D eigenvalue weighted by Crippen LogP contribution is -2.43. The summed E-state index contributed by atoms with van der Waals surface area (Å²) >= 11 is 1.33. The summed E-state index contributed by atoms with van der Waals surface area (Å²) in [6, 6.07) is 6.19. The number of aldehydes is 1. The maximum atomic E-state index is 12.6. The van der Waals surface area contributed by atoms with Crippen molar-refractivity contribution in [3.8, 4) is 0 Å². The van der Waals surface area contributed by atoms with Crippen molar-refractivity contribution in [2.45, 2.75) is 42.8 Å². The summed E-state index contributed by atoms with van der Waals surface area (Å²) in [5, 5.41) is 3.26. The van der Waals surface area contributed by atoms with Crippen molar-refractivity contribution >= 4 is 18.2 Å². The predicted molar refractivity (Wildman–Crippen MR) is 103 cm³/mol. The molecule has 27 heavy (non-hydrogen) atoms. The van der Waals surface area contributed by atoms with E-state index >= 15 is 0 Å². The second-order valence-electron chi connectivity index (χ2n) is 6.78. The van der Waals surface area contributed by atoms with Crippen LogP contribution in [0.5, 0.6) is 0 Å². The summed E-state index contributed by atoms with van der Waals surface area (Å²) in [6.07, 6.45) is 2.23. The van der Waals surface area contributed by atoms with Crippen LogP contribution in [0, 0.1) is 0 Å². The molecule has 0 atom stereocenters. The molecule has 1 aromatic carbocycles. The Morgan fingerprint density at radius 3 is 2.37 bits per heavy atom.